The largest absolute Gasteiger partial charge is 0.497 e. The van der Waals surface area contributed by atoms with E-state index in [1.54, 1.807) is 12.1 Å². The molecule has 0 radical (unpaired) electrons. The van der Waals surface area contributed by atoms with Gasteiger partial charge in [0.1, 0.15) is 11.9 Å². The zero-order valence-electron chi connectivity index (χ0n) is 27.5. The quantitative estimate of drug-likeness (QED) is 0.206. The highest BCUT2D eigenvalue weighted by molar-refractivity contribution is 7.89. The van der Waals surface area contributed by atoms with Crippen LogP contribution in [0.1, 0.15) is 38.7 Å². The molecule has 2 aliphatic rings. The molecule has 6 atom stereocenters. The van der Waals surface area contributed by atoms with Crippen LogP contribution in [0.25, 0.3) is 0 Å². The van der Waals surface area contributed by atoms with Gasteiger partial charge in [-0.15, -0.1) is 0 Å². The highest BCUT2D eigenvalue weighted by Crippen LogP contribution is 2.33. The fourth-order valence-corrected chi connectivity index (χ4v) is 7.57. The summed E-state index contributed by atoms with van der Waals surface area (Å²) in [4.78, 5) is 25.2. The van der Waals surface area contributed by atoms with Crippen LogP contribution in [0.4, 0.5) is 4.79 Å². The molecule has 0 saturated carbocycles. The van der Waals surface area contributed by atoms with Crippen LogP contribution in [0.15, 0.2) is 59.5 Å². The summed E-state index contributed by atoms with van der Waals surface area (Å²) in [5.74, 6) is 0.121. The number of aliphatic hydroxyl groups excluding tert-OH is 1. The smallest absolute Gasteiger partial charge is 0.407 e. The first kappa shape index (κ1) is 36.6. The van der Waals surface area contributed by atoms with E-state index in [2.05, 4.69) is 10.6 Å². The van der Waals surface area contributed by atoms with Crippen LogP contribution in [0, 0.1) is 11.3 Å². The first-order valence-electron chi connectivity index (χ1n) is 15.9. The van der Waals surface area contributed by atoms with Gasteiger partial charge in [-0.1, -0.05) is 44.2 Å². The van der Waals surface area contributed by atoms with E-state index in [9.17, 15) is 23.1 Å². The van der Waals surface area contributed by atoms with Crippen LogP contribution >= 0.6 is 0 Å². The number of rotatable bonds is 16. The number of aliphatic hydroxyl groups is 1. The SMILES string of the molecule is CNC(=O)C(N)CCC(C)(C)CN(C[C@H](O)[C@H](Cc1ccccc1)NC(=O)O[C@H]1CO[C@H]2OCC[C@H]21)S(=O)(=O)c1ccc(OC)cc1. The Bertz CT molecular complexity index is 1430. The number of fused-ring (bicyclic) bond motifs is 1. The predicted octanol–water partition coefficient (Wildman–Crippen LogP) is 2.03. The minimum Gasteiger partial charge on any atom is -0.497 e. The summed E-state index contributed by atoms with van der Waals surface area (Å²) in [5.41, 5.74) is 6.22. The molecule has 47 heavy (non-hydrogen) atoms. The summed E-state index contributed by atoms with van der Waals surface area (Å²) in [6, 6.07) is 13.6. The number of likely N-dealkylation sites (N-methyl/N-ethyl adjacent to an activating group) is 1. The topological polar surface area (TPSA) is 179 Å². The fraction of sp³-hybridized carbons (Fsp3) is 0.576. The summed E-state index contributed by atoms with van der Waals surface area (Å²) < 4.78 is 51.5. The molecule has 2 aliphatic heterocycles. The van der Waals surface area contributed by atoms with E-state index < -0.39 is 52.1 Å². The molecule has 1 unspecified atom stereocenters. The van der Waals surface area contributed by atoms with E-state index in [0.717, 1.165) is 5.56 Å². The zero-order valence-corrected chi connectivity index (χ0v) is 28.3. The van der Waals surface area contributed by atoms with Crippen LogP contribution in [0.5, 0.6) is 5.75 Å². The van der Waals surface area contributed by atoms with E-state index >= 15 is 0 Å². The molecule has 14 heteroatoms. The Hall–Kier alpha value is -3.27. The third-order valence-corrected chi connectivity index (χ3v) is 10.5. The van der Waals surface area contributed by atoms with Gasteiger partial charge in [-0.25, -0.2) is 13.2 Å². The summed E-state index contributed by atoms with van der Waals surface area (Å²) in [6.07, 6.45) is -1.28. The third-order valence-electron chi connectivity index (χ3n) is 8.72. The Balaban J connectivity index is 1.56. The zero-order chi connectivity index (χ0) is 34.2. The first-order valence-corrected chi connectivity index (χ1v) is 17.3. The summed E-state index contributed by atoms with van der Waals surface area (Å²) in [5, 5.41) is 17.0. The molecule has 2 amide bonds. The number of nitrogens with one attached hydrogen (secondary N) is 2. The van der Waals surface area contributed by atoms with Crippen LogP contribution in [0.3, 0.4) is 0 Å². The van der Waals surface area contributed by atoms with Crippen molar-refractivity contribution < 1.29 is 42.1 Å². The fourth-order valence-electron chi connectivity index (χ4n) is 5.92. The standard InChI is InChI=1S/C33H48N4O9S/c1-33(2,16-14-26(34)30(39)35-3)21-37(47(41,42)24-12-10-23(43-4)11-13-24)19-28(38)27(18-22-8-6-5-7-9-22)36-32(40)46-29-20-45-31-25(29)15-17-44-31/h5-13,25-29,31,38H,14-21,34H2,1-4H3,(H,35,39)(H,36,40)/t25-,26?,27-,28-,29-,31+/m0/s1. The number of nitrogens with two attached hydrogens (primary N) is 1. The Labute approximate surface area is 277 Å². The Morgan fingerprint density at radius 1 is 1.13 bits per heavy atom. The molecule has 0 spiro atoms. The highest BCUT2D eigenvalue weighted by atomic mass is 32.2. The molecule has 0 aliphatic carbocycles. The van der Waals surface area contributed by atoms with E-state index in [1.807, 2.05) is 44.2 Å². The van der Waals surface area contributed by atoms with Gasteiger partial charge in [0, 0.05) is 20.1 Å². The number of sulfonamides is 1. The monoisotopic (exact) mass is 676 g/mol. The minimum absolute atomic E-state index is 0.00384. The number of nitrogens with zero attached hydrogens (tertiary/aromatic N) is 1. The van der Waals surface area contributed by atoms with Crippen molar-refractivity contribution >= 4 is 22.0 Å². The van der Waals surface area contributed by atoms with Crippen molar-refractivity contribution in [2.24, 2.45) is 17.1 Å². The average molecular weight is 677 g/mol. The lowest BCUT2D eigenvalue weighted by Gasteiger charge is -2.35. The average Bonchev–Trinajstić information content (AvgIpc) is 3.68. The lowest BCUT2D eigenvalue weighted by molar-refractivity contribution is -0.122. The molecule has 2 heterocycles. The Kier molecular flexibility index (Phi) is 12.6. The van der Waals surface area contributed by atoms with E-state index in [4.69, 9.17) is 24.7 Å². The molecular formula is C33H48N4O9S. The number of methoxy groups -OCH3 is 1. The van der Waals surface area contributed by atoms with Gasteiger partial charge >= 0.3 is 6.09 Å². The minimum atomic E-state index is -4.14. The molecule has 2 aromatic carbocycles. The van der Waals surface area contributed by atoms with Crippen molar-refractivity contribution in [1.82, 2.24) is 14.9 Å². The van der Waals surface area contributed by atoms with Crippen molar-refractivity contribution in [2.45, 2.75) is 75.0 Å². The Morgan fingerprint density at radius 2 is 1.83 bits per heavy atom. The first-order chi connectivity index (χ1) is 22.3. The van der Waals surface area contributed by atoms with Crippen molar-refractivity contribution in [1.29, 1.82) is 0 Å². The van der Waals surface area contributed by atoms with E-state index in [1.165, 1.54) is 30.6 Å². The lowest BCUT2D eigenvalue weighted by atomic mass is 9.86. The number of carbonyl (C=O) groups excluding carboxylic acids is 2. The van der Waals surface area contributed by atoms with Crippen molar-refractivity contribution in [3.63, 3.8) is 0 Å². The van der Waals surface area contributed by atoms with Gasteiger partial charge in [0.2, 0.25) is 15.9 Å². The van der Waals surface area contributed by atoms with Gasteiger partial charge < -0.3 is 40.4 Å². The van der Waals surface area contributed by atoms with Gasteiger partial charge in [0.05, 0.1) is 49.3 Å². The molecule has 5 N–H and O–H groups in total. The number of amides is 2. The molecule has 260 valence electrons. The molecule has 0 aromatic heterocycles. The summed E-state index contributed by atoms with van der Waals surface area (Å²) >= 11 is 0. The number of alkyl carbamates (subject to hydrolysis) is 1. The Morgan fingerprint density at radius 3 is 2.49 bits per heavy atom. The number of carbonyl (C=O) groups is 2. The second kappa shape index (κ2) is 16.2. The maximum absolute atomic E-state index is 14.1. The number of hydrogen-bond donors (Lipinski definition) is 4. The molecular weight excluding hydrogens is 628 g/mol. The van der Waals surface area contributed by atoms with Gasteiger partial charge in [-0.05, 0) is 60.9 Å². The van der Waals surface area contributed by atoms with Crippen LogP contribution < -0.4 is 21.1 Å². The lowest BCUT2D eigenvalue weighted by Crippen LogP contribution is -2.52. The molecule has 2 saturated heterocycles. The number of hydrogen-bond acceptors (Lipinski definition) is 10. The van der Waals surface area contributed by atoms with Crippen molar-refractivity contribution in [3.8, 4) is 5.75 Å². The van der Waals surface area contributed by atoms with Gasteiger partial charge in [-0.2, -0.15) is 4.31 Å². The third kappa shape index (κ3) is 9.87. The molecule has 2 fully saturated rings. The highest BCUT2D eigenvalue weighted by Gasteiger charge is 2.44. The number of ether oxygens (including phenoxy) is 4. The summed E-state index contributed by atoms with van der Waals surface area (Å²) in [7, 11) is -1.15. The van der Waals surface area contributed by atoms with E-state index in [-0.39, 0.29) is 42.8 Å². The van der Waals surface area contributed by atoms with Gasteiger partial charge in [-0.3, -0.25) is 4.79 Å². The second-order valence-corrected chi connectivity index (χ2v) is 14.8. The molecule has 13 nitrogen and oxygen atoms in total. The molecule has 2 aromatic rings. The summed E-state index contributed by atoms with van der Waals surface area (Å²) in [6.45, 7) is 4.17. The van der Waals surface area contributed by atoms with Gasteiger partial charge in [0.25, 0.3) is 0 Å². The van der Waals surface area contributed by atoms with Crippen molar-refractivity contribution in [3.05, 3.63) is 60.2 Å². The van der Waals surface area contributed by atoms with Crippen molar-refractivity contribution in [2.75, 3.05) is 40.5 Å². The van der Waals surface area contributed by atoms with E-state index in [0.29, 0.717) is 31.6 Å². The maximum atomic E-state index is 14.1. The van der Waals surface area contributed by atoms with Crippen LogP contribution in [0.2, 0.25) is 0 Å². The predicted molar refractivity (Wildman–Crippen MR) is 174 cm³/mol. The normalized spacial score (nSPS) is 21.5. The van der Waals surface area contributed by atoms with Gasteiger partial charge in [0.15, 0.2) is 6.29 Å². The number of benzene rings is 2. The molecule has 4 rings (SSSR count). The maximum Gasteiger partial charge on any atom is 0.407 e. The van der Waals surface area contributed by atoms with Crippen LogP contribution in [-0.2, 0) is 35.4 Å². The molecule has 0 bridgehead atoms. The van der Waals surface area contributed by atoms with Crippen LogP contribution in [-0.4, -0.2) is 101 Å². The second-order valence-electron chi connectivity index (χ2n) is 12.9.